The molecule has 0 aliphatic rings. The zero-order chi connectivity index (χ0) is 12.0. The first-order valence-electron chi connectivity index (χ1n) is 5.20. The van der Waals surface area contributed by atoms with Gasteiger partial charge >= 0.3 is 0 Å². The molecule has 0 saturated carbocycles. The van der Waals surface area contributed by atoms with Crippen LogP contribution in [0.3, 0.4) is 0 Å². The SMILES string of the molecule is CC/C(=C(/C)NN)c1ccc(NC=O)cc1. The molecule has 0 aliphatic heterocycles. The Morgan fingerprint density at radius 1 is 1.38 bits per heavy atom. The molecule has 16 heavy (non-hydrogen) atoms. The van der Waals surface area contributed by atoms with E-state index in [2.05, 4.69) is 17.7 Å². The van der Waals surface area contributed by atoms with Gasteiger partial charge in [-0.05, 0) is 36.6 Å². The van der Waals surface area contributed by atoms with Crippen molar-refractivity contribution >= 4 is 17.7 Å². The maximum absolute atomic E-state index is 10.3. The summed E-state index contributed by atoms with van der Waals surface area (Å²) >= 11 is 0. The number of rotatable bonds is 5. The van der Waals surface area contributed by atoms with Gasteiger partial charge in [-0.25, -0.2) is 0 Å². The maximum Gasteiger partial charge on any atom is 0.211 e. The average Bonchev–Trinajstić information content (AvgIpc) is 2.32. The summed E-state index contributed by atoms with van der Waals surface area (Å²) in [6.45, 7) is 4.02. The highest BCUT2D eigenvalue weighted by Crippen LogP contribution is 2.22. The average molecular weight is 219 g/mol. The standard InChI is InChI=1S/C12H17N3O/c1-3-12(9(2)15-13)10-4-6-11(7-5-10)14-8-16/h4-8,15H,3,13H2,1-2H3,(H,14,16)/b12-9+. The highest BCUT2D eigenvalue weighted by molar-refractivity contribution is 5.74. The molecule has 0 saturated heterocycles. The van der Waals surface area contributed by atoms with Crippen molar-refractivity contribution in [2.24, 2.45) is 5.84 Å². The lowest BCUT2D eigenvalue weighted by molar-refractivity contribution is -0.105. The Kier molecular flexibility index (Phi) is 4.54. The Morgan fingerprint density at radius 2 is 2.00 bits per heavy atom. The minimum absolute atomic E-state index is 0.665. The van der Waals surface area contributed by atoms with Crippen LogP contribution in [-0.2, 0) is 4.79 Å². The monoisotopic (exact) mass is 219 g/mol. The fraction of sp³-hybridized carbons (Fsp3) is 0.250. The van der Waals surface area contributed by atoms with Crippen molar-refractivity contribution in [2.45, 2.75) is 20.3 Å². The van der Waals surface area contributed by atoms with E-state index >= 15 is 0 Å². The van der Waals surface area contributed by atoms with Crippen LogP contribution >= 0.6 is 0 Å². The van der Waals surface area contributed by atoms with Crippen molar-refractivity contribution in [2.75, 3.05) is 5.32 Å². The van der Waals surface area contributed by atoms with Gasteiger partial charge in [0.25, 0.3) is 0 Å². The first kappa shape index (κ1) is 12.3. The Bertz CT molecular complexity index is 382. The zero-order valence-corrected chi connectivity index (χ0v) is 9.58. The van der Waals surface area contributed by atoms with Crippen LogP contribution in [0.5, 0.6) is 0 Å². The van der Waals surface area contributed by atoms with Crippen LogP contribution < -0.4 is 16.6 Å². The second-order valence-electron chi connectivity index (χ2n) is 3.44. The molecule has 0 bridgehead atoms. The summed E-state index contributed by atoms with van der Waals surface area (Å²) in [5, 5.41) is 2.60. The summed E-state index contributed by atoms with van der Waals surface area (Å²) in [4.78, 5) is 10.3. The number of carbonyl (C=O) groups excluding carboxylic acids is 1. The Hall–Kier alpha value is -1.81. The van der Waals surface area contributed by atoms with Crippen molar-refractivity contribution < 1.29 is 4.79 Å². The molecule has 0 radical (unpaired) electrons. The molecule has 0 aliphatic carbocycles. The van der Waals surface area contributed by atoms with E-state index < -0.39 is 0 Å². The Balaban J connectivity index is 3.00. The molecule has 1 aromatic carbocycles. The van der Waals surface area contributed by atoms with E-state index in [1.165, 1.54) is 5.57 Å². The van der Waals surface area contributed by atoms with Gasteiger partial charge < -0.3 is 10.7 Å². The lowest BCUT2D eigenvalue weighted by Crippen LogP contribution is -2.20. The predicted molar refractivity (Wildman–Crippen MR) is 66.3 cm³/mol. The molecule has 4 N–H and O–H groups in total. The van der Waals surface area contributed by atoms with Gasteiger partial charge in [0.15, 0.2) is 0 Å². The minimum Gasteiger partial charge on any atom is -0.329 e. The topological polar surface area (TPSA) is 67.2 Å². The number of hydrogen-bond donors (Lipinski definition) is 3. The second-order valence-corrected chi connectivity index (χ2v) is 3.44. The van der Waals surface area contributed by atoms with Crippen LogP contribution in [0.2, 0.25) is 0 Å². The van der Waals surface area contributed by atoms with Gasteiger partial charge in [0, 0.05) is 11.4 Å². The van der Waals surface area contributed by atoms with Crippen molar-refractivity contribution in [3.05, 3.63) is 35.5 Å². The quantitative estimate of drug-likeness (QED) is 0.402. The second kappa shape index (κ2) is 5.92. The van der Waals surface area contributed by atoms with Crippen LogP contribution in [0.1, 0.15) is 25.8 Å². The highest BCUT2D eigenvalue weighted by atomic mass is 16.1. The molecule has 0 unspecified atom stereocenters. The predicted octanol–water partition coefficient (Wildman–Crippen LogP) is 1.86. The first-order chi connectivity index (χ1) is 7.72. The van der Waals surface area contributed by atoms with Crippen molar-refractivity contribution in [3.63, 3.8) is 0 Å². The van der Waals surface area contributed by atoms with E-state index in [-0.39, 0.29) is 0 Å². The molecule has 0 heterocycles. The van der Waals surface area contributed by atoms with Gasteiger partial charge in [-0.15, -0.1) is 0 Å². The lowest BCUT2D eigenvalue weighted by atomic mass is 10.0. The van der Waals surface area contributed by atoms with E-state index in [0.717, 1.165) is 23.4 Å². The van der Waals surface area contributed by atoms with Crippen molar-refractivity contribution in [1.29, 1.82) is 0 Å². The summed E-state index contributed by atoms with van der Waals surface area (Å²) in [5.74, 6) is 5.40. The largest absolute Gasteiger partial charge is 0.329 e. The molecular formula is C12H17N3O. The van der Waals surface area contributed by atoms with E-state index in [1.54, 1.807) is 0 Å². The molecular weight excluding hydrogens is 202 g/mol. The van der Waals surface area contributed by atoms with E-state index in [1.807, 2.05) is 31.2 Å². The van der Waals surface area contributed by atoms with E-state index in [4.69, 9.17) is 5.84 Å². The Labute approximate surface area is 95.5 Å². The smallest absolute Gasteiger partial charge is 0.211 e. The normalized spacial score (nSPS) is 11.7. The van der Waals surface area contributed by atoms with Crippen LogP contribution in [0.4, 0.5) is 5.69 Å². The van der Waals surface area contributed by atoms with Crippen molar-refractivity contribution in [1.82, 2.24) is 5.43 Å². The number of amides is 1. The molecule has 4 nitrogen and oxygen atoms in total. The van der Waals surface area contributed by atoms with E-state index in [0.29, 0.717) is 6.41 Å². The summed E-state index contributed by atoms with van der Waals surface area (Å²) in [7, 11) is 0. The number of benzene rings is 1. The first-order valence-corrected chi connectivity index (χ1v) is 5.20. The Morgan fingerprint density at radius 3 is 2.44 bits per heavy atom. The summed E-state index contributed by atoms with van der Waals surface area (Å²) in [6, 6.07) is 7.66. The van der Waals surface area contributed by atoms with Gasteiger partial charge in [0.05, 0.1) is 0 Å². The van der Waals surface area contributed by atoms with Gasteiger partial charge in [-0.2, -0.15) is 0 Å². The number of nitrogens with one attached hydrogen (secondary N) is 2. The molecule has 0 atom stereocenters. The van der Waals surface area contributed by atoms with Crippen LogP contribution in [0.15, 0.2) is 30.0 Å². The molecule has 0 spiro atoms. The number of anilines is 1. The molecule has 86 valence electrons. The number of hydrazine groups is 1. The molecule has 0 fully saturated rings. The molecule has 1 rings (SSSR count). The van der Waals surface area contributed by atoms with Crippen LogP contribution in [0.25, 0.3) is 5.57 Å². The maximum atomic E-state index is 10.3. The minimum atomic E-state index is 0.665. The van der Waals surface area contributed by atoms with Gasteiger partial charge in [-0.3, -0.25) is 10.6 Å². The van der Waals surface area contributed by atoms with Crippen LogP contribution in [-0.4, -0.2) is 6.41 Å². The summed E-state index contributed by atoms with van der Waals surface area (Å²) in [6.07, 6.45) is 1.56. The van der Waals surface area contributed by atoms with Gasteiger partial charge in [-0.1, -0.05) is 19.1 Å². The fourth-order valence-corrected chi connectivity index (χ4v) is 1.61. The van der Waals surface area contributed by atoms with Gasteiger partial charge in [0.2, 0.25) is 6.41 Å². The molecule has 4 heteroatoms. The lowest BCUT2D eigenvalue weighted by Gasteiger charge is -2.10. The molecule has 1 aromatic rings. The number of allylic oxidation sites excluding steroid dienone is 2. The fourth-order valence-electron chi connectivity index (χ4n) is 1.61. The molecule has 1 amide bonds. The highest BCUT2D eigenvalue weighted by Gasteiger charge is 2.03. The third kappa shape index (κ3) is 2.84. The number of carbonyl (C=O) groups is 1. The molecule has 0 aromatic heterocycles. The summed E-state index contributed by atoms with van der Waals surface area (Å²) < 4.78 is 0. The third-order valence-corrected chi connectivity index (χ3v) is 2.48. The van der Waals surface area contributed by atoms with Crippen LogP contribution in [0, 0.1) is 0 Å². The number of hydrogen-bond acceptors (Lipinski definition) is 3. The summed E-state index contributed by atoms with van der Waals surface area (Å²) in [5.41, 5.74) is 6.68. The zero-order valence-electron chi connectivity index (χ0n) is 9.58. The number of nitrogens with two attached hydrogens (primary N) is 1. The third-order valence-electron chi connectivity index (χ3n) is 2.48. The van der Waals surface area contributed by atoms with Gasteiger partial charge in [0.1, 0.15) is 0 Å². The van der Waals surface area contributed by atoms with Crippen molar-refractivity contribution in [3.8, 4) is 0 Å². The van der Waals surface area contributed by atoms with E-state index in [9.17, 15) is 4.79 Å².